The number of thiocarbonyl (C=S) groups is 1. The summed E-state index contributed by atoms with van der Waals surface area (Å²) < 4.78 is 11.4. The number of nitro benzene ring substituents is 1. The number of hydrogen-bond donors (Lipinski definition) is 2. The summed E-state index contributed by atoms with van der Waals surface area (Å²) in [7, 11) is 1.41. The maximum Gasteiger partial charge on any atom is 0.296 e. The van der Waals surface area contributed by atoms with Crippen LogP contribution in [0.1, 0.15) is 15.9 Å². The molecule has 2 N–H and O–H groups in total. The summed E-state index contributed by atoms with van der Waals surface area (Å²) in [5.41, 5.74) is 1.41. The Bertz CT molecular complexity index is 1170. The normalized spacial score (nSPS) is 10.2. The summed E-state index contributed by atoms with van der Waals surface area (Å²) >= 11 is 8.57. The zero-order valence-electron chi connectivity index (χ0n) is 17.5. The molecule has 3 aromatic rings. The summed E-state index contributed by atoms with van der Waals surface area (Å²) in [6.07, 6.45) is 0.757. The number of benzene rings is 3. The smallest absolute Gasteiger partial charge is 0.296 e. The molecule has 0 saturated heterocycles. The Labute approximate surface area is 204 Å². The number of hydrogen-bond acceptors (Lipinski definition) is 6. The highest BCUT2D eigenvalue weighted by atomic mass is 79.9. The first-order chi connectivity index (χ1) is 15.9. The fourth-order valence-corrected chi connectivity index (χ4v) is 3.60. The van der Waals surface area contributed by atoms with Crippen LogP contribution in [0.25, 0.3) is 0 Å². The van der Waals surface area contributed by atoms with Crippen molar-refractivity contribution in [3.05, 3.63) is 92.4 Å². The molecule has 0 aliphatic heterocycles. The number of nitrogens with one attached hydrogen (secondary N) is 2. The second-order valence-corrected chi connectivity index (χ2v) is 8.04. The van der Waals surface area contributed by atoms with E-state index in [4.69, 9.17) is 21.7 Å². The molecule has 0 aliphatic rings. The summed E-state index contributed by atoms with van der Waals surface area (Å²) in [6, 6.07) is 19.2. The van der Waals surface area contributed by atoms with Crippen LogP contribution in [-0.2, 0) is 6.42 Å². The third kappa shape index (κ3) is 6.74. The SMILES string of the molecule is COc1ccc(NC(=S)NC(=O)c2ccc(OCCc3ccccc3)c(Br)c2)c([N+](=O)[O-])c1. The third-order valence-electron chi connectivity index (χ3n) is 4.56. The molecule has 1 amide bonds. The van der Waals surface area contributed by atoms with E-state index in [-0.39, 0.29) is 16.5 Å². The fourth-order valence-electron chi connectivity index (χ4n) is 2.91. The molecule has 0 atom stereocenters. The number of nitro groups is 1. The minimum atomic E-state index is -0.567. The van der Waals surface area contributed by atoms with Gasteiger partial charge in [0.05, 0.1) is 29.2 Å². The molecule has 0 spiro atoms. The van der Waals surface area contributed by atoms with Crippen LogP contribution >= 0.6 is 28.1 Å². The summed E-state index contributed by atoms with van der Waals surface area (Å²) in [4.78, 5) is 23.3. The molecule has 3 rings (SSSR count). The zero-order valence-corrected chi connectivity index (χ0v) is 19.9. The van der Waals surface area contributed by atoms with Crippen molar-refractivity contribution < 1.29 is 19.2 Å². The average Bonchev–Trinajstić information content (AvgIpc) is 2.80. The number of amides is 1. The molecular weight excluding hydrogens is 510 g/mol. The van der Waals surface area contributed by atoms with E-state index in [2.05, 4.69) is 26.6 Å². The fraction of sp³-hybridized carbons (Fsp3) is 0.130. The maximum atomic E-state index is 12.6. The van der Waals surface area contributed by atoms with Crippen LogP contribution in [0.5, 0.6) is 11.5 Å². The molecule has 0 heterocycles. The van der Waals surface area contributed by atoms with Crippen LogP contribution < -0.4 is 20.1 Å². The van der Waals surface area contributed by atoms with Crippen molar-refractivity contribution in [3.8, 4) is 11.5 Å². The van der Waals surface area contributed by atoms with Crippen LogP contribution in [0, 0.1) is 10.1 Å². The minimum absolute atomic E-state index is 0.0763. The molecule has 0 fully saturated rings. The molecule has 170 valence electrons. The largest absolute Gasteiger partial charge is 0.496 e. The number of nitrogens with zero attached hydrogens (tertiary/aromatic N) is 1. The highest BCUT2D eigenvalue weighted by Gasteiger charge is 2.17. The summed E-state index contributed by atoms with van der Waals surface area (Å²) in [6.45, 7) is 0.489. The monoisotopic (exact) mass is 529 g/mol. The Morgan fingerprint density at radius 2 is 1.88 bits per heavy atom. The van der Waals surface area contributed by atoms with Crippen LogP contribution in [-0.4, -0.2) is 29.7 Å². The highest BCUT2D eigenvalue weighted by Crippen LogP contribution is 2.29. The van der Waals surface area contributed by atoms with Gasteiger partial charge in [0, 0.05) is 12.0 Å². The summed E-state index contributed by atoms with van der Waals surface area (Å²) in [5.74, 6) is 0.468. The summed E-state index contributed by atoms with van der Waals surface area (Å²) in [5, 5.41) is 16.4. The molecule has 0 unspecified atom stereocenters. The van der Waals surface area contributed by atoms with E-state index in [0.717, 1.165) is 6.42 Å². The molecule has 0 bridgehead atoms. The molecule has 8 nitrogen and oxygen atoms in total. The number of carbonyl (C=O) groups is 1. The van der Waals surface area contributed by atoms with Crippen molar-refractivity contribution in [2.75, 3.05) is 19.0 Å². The van der Waals surface area contributed by atoms with E-state index in [9.17, 15) is 14.9 Å². The van der Waals surface area contributed by atoms with Crippen molar-refractivity contribution in [2.45, 2.75) is 6.42 Å². The lowest BCUT2D eigenvalue weighted by Gasteiger charge is -2.12. The highest BCUT2D eigenvalue weighted by molar-refractivity contribution is 9.10. The lowest BCUT2D eigenvalue weighted by atomic mass is 10.2. The number of anilines is 1. The van der Waals surface area contributed by atoms with E-state index >= 15 is 0 Å². The average molecular weight is 530 g/mol. The van der Waals surface area contributed by atoms with E-state index in [0.29, 0.717) is 28.1 Å². The quantitative estimate of drug-likeness (QED) is 0.237. The lowest BCUT2D eigenvalue weighted by Crippen LogP contribution is -2.34. The van der Waals surface area contributed by atoms with Gasteiger partial charge in [-0.15, -0.1) is 0 Å². The second kappa shape index (κ2) is 11.4. The topological polar surface area (TPSA) is 103 Å². The van der Waals surface area contributed by atoms with Crippen molar-refractivity contribution >= 4 is 50.5 Å². The van der Waals surface area contributed by atoms with Crippen molar-refractivity contribution in [1.29, 1.82) is 0 Å². The minimum Gasteiger partial charge on any atom is -0.496 e. The first-order valence-electron chi connectivity index (χ1n) is 9.78. The van der Waals surface area contributed by atoms with E-state index in [1.165, 1.54) is 24.8 Å². The van der Waals surface area contributed by atoms with Gasteiger partial charge in [-0.05, 0) is 64.0 Å². The predicted octanol–water partition coefficient (Wildman–Crippen LogP) is 5.11. The Morgan fingerprint density at radius 1 is 1.12 bits per heavy atom. The number of carbonyl (C=O) groups excluding carboxylic acids is 1. The predicted molar refractivity (Wildman–Crippen MR) is 133 cm³/mol. The molecule has 0 aromatic heterocycles. The molecular formula is C23H20BrN3O5S. The molecule has 0 aliphatic carbocycles. The number of methoxy groups -OCH3 is 1. The molecule has 3 aromatic carbocycles. The van der Waals surface area contributed by atoms with E-state index < -0.39 is 10.8 Å². The molecule has 0 saturated carbocycles. The van der Waals surface area contributed by atoms with Crippen LogP contribution in [0.3, 0.4) is 0 Å². The van der Waals surface area contributed by atoms with Gasteiger partial charge in [0.15, 0.2) is 5.11 Å². The van der Waals surface area contributed by atoms with Gasteiger partial charge in [-0.3, -0.25) is 20.2 Å². The van der Waals surface area contributed by atoms with E-state index in [1.54, 1.807) is 24.3 Å². The number of ether oxygens (including phenoxy) is 2. The zero-order chi connectivity index (χ0) is 23.8. The maximum absolute atomic E-state index is 12.6. The number of halogens is 1. The second-order valence-electron chi connectivity index (χ2n) is 6.78. The lowest BCUT2D eigenvalue weighted by molar-refractivity contribution is -0.384. The van der Waals surface area contributed by atoms with Gasteiger partial charge >= 0.3 is 0 Å². The van der Waals surface area contributed by atoms with Gasteiger partial charge < -0.3 is 14.8 Å². The standard InChI is InChI=1S/C23H20BrN3O5S/c1-31-17-8-9-19(20(14-17)27(29)30)25-23(33)26-22(28)16-7-10-21(18(24)13-16)32-12-11-15-5-3-2-4-6-15/h2-10,13-14H,11-12H2,1H3,(H2,25,26,28,33). The molecule has 0 radical (unpaired) electrons. The van der Waals surface area contributed by atoms with Gasteiger partial charge in [-0.2, -0.15) is 0 Å². The Kier molecular flexibility index (Phi) is 8.34. The van der Waals surface area contributed by atoms with Crippen LogP contribution in [0.2, 0.25) is 0 Å². The third-order valence-corrected chi connectivity index (χ3v) is 5.39. The van der Waals surface area contributed by atoms with Crippen molar-refractivity contribution in [2.24, 2.45) is 0 Å². The van der Waals surface area contributed by atoms with Gasteiger partial charge in [-0.25, -0.2) is 0 Å². The van der Waals surface area contributed by atoms with Gasteiger partial charge in [-0.1, -0.05) is 30.3 Å². The van der Waals surface area contributed by atoms with Gasteiger partial charge in [0.25, 0.3) is 11.6 Å². The van der Waals surface area contributed by atoms with Crippen LogP contribution in [0.15, 0.2) is 71.2 Å². The van der Waals surface area contributed by atoms with Crippen molar-refractivity contribution in [1.82, 2.24) is 5.32 Å². The molecule has 10 heteroatoms. The molecule has 33 heavy (non-hydrogen) atoms. The van der Waals surface area contributed by atoms with Gasteiger partial charge in [0.2, 0.25) is 0 Å². The van der Waals surface area contributed by atoms with Crippen LogP contribution in [0.4, 0.5) is 11.4 Å². The first-order valence-corrected chi connectivity index (χ1v) is 11.0. The Hall–Kier alpha value is -3.50. The Morgan fingerprint density at radius 3 is 2.55 bits per heavy atom. The van der Waals surface area contributed by atoms with Gasteiger partial charge in [0.1, 0.15) is 17.2 Å². The first kappa shape index (κ1) is 24.1. The Balaban J connectivity index is 1.59. The number of rotatable bonds is 8. The van der Waals surface area contributed by atoms with E-state index in [1.807, 2.05) is 30.3 Å². The van der Waals surface area contributed by atoms with Crippen molar-refractivity contribution in [3.63, 3.8) is 0 Å².